The van der Waals surface area contributed by atoms with E-state index in [1.807, 2.05) is 22.7 Å². The molecule has 0 saturated carbocycles. The molecule has 0 radical (unpaired) electrons. The quantitative estimate of drug-likeness (QED) is 0.490. The molecule has 2 aromatic heterocycles. The number of nitrogens with zero attached hydrogens (tertiary/aromatic N) is 4. The zero-order chi connectivity index (χ0) is 18.1. The first kappa shape index (κ1) is 16.9. The maximum Gasteiger partial charge on any atom is 0.235 e. The van der Waals surface area contributed by atoms with Gasteiger partial charge in [-0.25, -0.2) is 0 Å². The molecule has 2 heterocycles. The first-order valence-electron chi connectivity index (χ1n) is 8.98. The molecule has 0 bridgehead atoms. The van der Waals surface area contributed by atoms with Crippen molar-refractivity contribution in [1.82, 2.24) is 19.8 Å². The predicted octanol–water partition coefficient (Wildman–Crippen LogP) is 5.20. The second-order valence-electron chi connectivity index (χ2n) is 7.09. The highest BCUT2D eigenvalue weighted by atomic mass is 32.1. The normalized spacial score (nSPS) is 12.8. The summed E-state index contributed by atoms with van der Waals surface area (Å²) in [5.74, 6) is 1.69. The standard InChI is InChI=1S/C21H22N4S/c1-14(2)13-16-9-11-17(12-10-16)15(3)19-22-23-21-25(19)24-20(26-21)18-7-5-4-6-8-18/h4-12,14-15H,13H2,1-3H3. The summed E-state index contributed by atoms with van der Waals surface area (Å²) >= 11 is 1.57. The van der Waals surface area contributed by atoms with E-state index >= 15 is 0 Å². The number of aromatic nitrogens is 4. The Kier molecular flexibility index (Phi) is 4.55. The van der Waals surface area contributed by atoms with Crippen molar-refractivity contribution < 1.29 is 0 Å². The Morgan fingerprint density at radius 3 is 2.35 bits per heavy atom. The van der Waals surface area contributed by atoms with Crippen molar-refractivity contribution in [2.75, 3.05) is 0 Å². The molecule has 4 aromatic rings. The fourth-order valence-corrected chi connectivity index (χ4v) is 4.01. The SMILES string of the molecule is CC(C)Cc1ccc(C(C)c2nnc3sc(-c4ccccc4)nn23)cc1. The lowest BCUT2D eigenvalue weighted by molar-refractivity contribution is 0.647. The van der Waals surface area contributed by atoms with Crippen LogP contribution in [0, 0.1) is 5.92 Å². The van der Waals surface area contributed by atoms with E-state index in [9.17, 15) is 0 Å². The minimum Gasteiger partial charge on any atom is -0.186 e. The summed E-state index contributed by atoms with van der Waals surface area (Å²) in [6, 6.07) is 19.1. The second kappa shape index (κ2) is 7.00. The lowest BCUT2D eigenvalue weighted by Gasteiger charge is -2.11. The molecule has 1 atom stereocenters. The van der Waals surface area contributed by atoms with E-state index < -0.39 is 0 Å². The van der Waals surface area contributed by atoms with Gasteiger partial charge in [-0.2, -0.15) is 9.61 Å². The lowest BCUT2D eigenvalue weighted by Crippen LogP contribution is -2.04. The maximum absolute atomic E-state index is 4.76. The van der Waals surface area contributed by atoms with Gasteiger partial charge in [-0.05, 0) is 23.5 Å². The second-order valence-corrected chi connectivity index (χ2v) is 8.04. The average molecular weight is 363 g/mol. The summed E-state index contributed by atoms with van der Waals surface area (Å²) in [6.07, 6.45) is 1.11. The minimum absolute atomic E-state index is 0.142. The van der Waals surface area contributed by atoms with Crippen LogP contribution < -0.4 is 0 Å². The molecular formula is C21H22N4S. The molecule has 0 aliphatic rings. The Morgan fingerprint density at radius 2 is 1.65 bits per heavy atom. The number of hydrogen-bond acceptors (Lipinski definition) is 4. The van der Waals surface area contributed by atoms with E-state index in [-0.39, 0.29) is 5.92 Å². The Morgan fingerprint density at radius 1 is 0.923 bits per heavy atom. The molecule has 0 amide bonds. The van der Waals surface area contributed by atoms with Crippen LogP contribution in [0.4, 0.5) is 0 Å². The first-order valence-corrected chi connectivity index (χ1v) is 9.80. The van der Waals surface area contributed by atoms with Gasteiger partial charge in [0.2, 0.25) is 4.96 Å². The summed E-state index contributed by atoms with van der Waals surface area (Å²) in [6.45, 7) is 6.65. The van der Waals surface area contributed by atoms with Gasteiger partial charge in [-0.15, -0.1) is 10.2 Å². The topological polar surface area (TPSA) is 43.1 Å². The van der Waals surface area contributed by atoms with Crippen LogP contribution in [0.15, 0.2) is 54.6 Å². The molecule has 26 heavy (non-hydrogen) atoms. The number of benzene rings is 2. The molecule has 1 unspecified atom stereocenters. The Labute approximate surface area is 157 Å². The van der Waals surface area contributed by atoms with E-state index in [1.54, 1.807) is 11.3 Å². The molecule has 0 aliphatic heterocycles. The Hall–Kier alpha value is -2.53. The number of rotatable bonds is 5. The maximum atomic E-state index is 4.76. The average Bonchev–Trinajstić information content (AvgIpc) is 3.23. The fourth-order valence-electron chi connectivity index (χ4n) is 3.16. The van der Waals surface area contributed by atoms with Crippen molar-refractivity contribution in [3.63, 3.8) is 0 Å². The highest BCUT2D eigenvalue weighted by molar-refractivity contribution is 7.19. The summed E-state index contributed by atoms with van der Waals surface area (Å²) in [5.41, 5.74) is 3.73. The van der Waals surface area contributed by atoms with Gasteiger partial charge in [0.25, 0.3) is 0 Å². The lowest BCUT2D eigenvalue weighted by atomic mass is 9.96. The smallest absolute Gasteiger partial charge is 0.186 e. The molecular weight excluding hydrogens is 340 g/mol. The Balaban J connectivity index is 1.64. The first-order chi connectivity index (χ1) is 12.6. The van der Waals surface area contributed by atoms with E-state index in [1.165, 1.54) is 11.1 Å². The third-order valence-electron chi connectivity index (χ3n) is 4.55. The van der Waals surface area contributed by atoms with E-state index in [4.69, 9.17) is 5.10 Å². The Bertz CT molecular complexity index is 1000. The van der Waals surface area contributed by atoms with Crippen molar-refractivity contribution in [3.8, 4) is 10.6 Å². The van der Waals surface area contributed by atoms with Crippen molar-refractivity contribution in [2.24, 2.45) is 5.92 Å². The van der Waals surface area contributed by atoms with Gasteiger partial charge in [0.05, 0.1) is 0 Å². The van der Waals surface area contributed by atoms with Crippen molar-refractivity contribution in [2.45, 2.75) is 33.1 Å². The van der Waals surface area contributed by atoms with Crippen LogP contribution in [0.5, 0.6) is 0 Å². The summed E-state index contributed by atoms with van der Waals surface area (Å²) in [7, 11) is 0. The van der Waals surface area contributed by atoms with Crippen molar-refractivity contribution in [1.29, 1.82) is 0 Å². The highest BCUT2D eigenvalue weighted by Gasteiger charge is 2.19. The van der Waals surface area contributed by atoms with Gasteiger partial charge in [-0.3, -0.25) is 0 Å². The molecule has 0 spiro atoms. The van der Waals surface area contributed by atoms with Crippen LogP contribution in [0.2, 0.25) is 0 Å². The molecule has 0 aliphatic carbocycles. The van der Waals surface area contributed by atoms with E-state index in [2.05, 4.69) is 67.4 Å². The zero-order valence-electron chi connectivity index (χ0n) is 15.3. The van der Waals surface area contributed by atoms with Crippen LogP contribution in [0.25, 0.3) is 15.5 Å². The van der Waals surface area contributed by atoms with Crippen molar-refractivity contribution in [3.05, 3.63) is 71.5 Å². The van der Waals surface area contributed by atoms with Gasteiger partial charge in [0.15, 0.2) is 5.82 Å². The third-order valence-corrected chi connectivity index (χ3v) is 5.49. The van der Waals surface area contributed by atoms with E-state index in [0.29, 0.717) is 5.92 Å². The molecule has 2 aromatic carbocycles. The van der Waals surface area contributed by atoms with Crippen LogP contribution in [-0.4, -0.2) is 19.8 Å². The van der Waals surface area contributed by atoms with Gasteiger partial charge < -0.3 is 0 Å². The van der Waals surface area contributed by atoms with Crippen LogP contribution in [0.3, 0.4) is 0 Å². The van der Waals surface area contributed by atoms with Crippen molar-refractivity contribution >= 4 is 16.3 Å². The molecule has 0 saturated heterocycles. The zero-order valence-corrected chi connectivity index (χ0v) is 16.1. The molecule has 4 rings (SSSR count). The number of hydrogen-bond donors (Lipinski definition) is 0. The fraction of sp³-hybridized carbons (Fsp3) is 0.286. The third kappa shape index (κ3) is 3.27. The summed E-state index contributed by atoms with van der Waals surface area (Å²) in [4.78, 5) is 0.835. The largest absolute Gasteiger partial charge is 0.235 e. The summed E-state index contributed by atoms with van der Waals surface area (Å²) < 4.78 is 1.89. The van der Waals surface area contributed by atoms with Crippen LogP contribution in [-0.2, 0) is 6.42 Å². The molecule has 132 valence electrons. The monoisotopic (exact) mass is 362 g/mol. The highest BCUT2D eigenvalue weighted by Crippen LogP contribution is 2.29. The van der Waals surface area contributed by atoms with E-state index in [0.717, 1.165) is 27.8 Å². The van der Waals surface area contributed by atoms with Gasteiger partial charge in [0.1, 0.15) is 5.01 Å². The molecule has 4 nitrogen and oxygen atoms in total. The van der Waals surface area contributed by atoms with Crippen LogP contribution in [0.1, 0.15) is 43.6 Å². The minimum atomic E-state index is 0.142. The van der Waals surface area contributed by atoms with Gasteiger partial charge >= 0.3 is 0 Å². The summed E-state index contributed by atoms with van der Waals surface area (Å²) in [5, 5.41) is 14.5. The number of fused-ring (bicyclic) bond motifs is 1. The molecule has 5 heteroatoms. The molecule has 0 fully saturated rings. The van der Waals surface area contributed by atoms with Gasteiger partial charge in [-0.1, -0.05) is 86.7 Å². The predicted molar refractivity (Wildman–Crippen MR) is 107 cm³/mol. The van der Waals surface area contributed by atoms with Crippen LogP contribution >= 0.6 is 11.3 Å². The molecule has 0 N–H and O–H groups in total. The van der Waals surface area contributed by atoms with Gasteiger partial charge in [0, 0.05) is 11.5 Å².